The number of rotatable bonds is 10. The summed E-state index contributed by atoms with van der Waals surface area (Å²) in [4.78, 5) is 34.8. The number of nitrogens with two attached hydrogens (primary N) is 1. The van der Waals surface area contributed by atoms with Crippen LogP contribution in [0.2, 0.25) is 0 Å². The molecule has 2 atom stereocenters. The van der Waals surface area contributed by atoms with Gasteiger partial charge in [0, 0.05) is 6.42 Å². The Kier molecular flexibility index (Phi) is 7.91. The predicted octanol–water partition coefficient (Wildman–Crippen LogP) is 0.288. The molecule has 0 spiro atoms. The van der Waals surface area contributed by atoms with Crippen molar-refractivity contribution in [2.24, 2.45) is 11.7 Å². The fourth-order valence-corrected chi connectivity index (χ4v) is 2.31. The number of carboxylic acid groups (broad SMARTS) is 1. The van der Waals surface area contributed by atoms with Crippen molar-refractivity contribution in [1.82, 2.24) is 10.6 Å². The van der Waals surface area contributed by atoms with Crippen LogP contribution in [0.15, 0.2) is 30.3 Å². The maximum atomic E-state index is 12.4. The van der Waals surface area contributed by atoms with Crippen molar-refractivity contribution in [1.29, 1.82) is 0 Å². The Morgan fingerprint density at radius 3 is 2.25 bits per heavy atom. The maximum Gasteiger partial charge on any atom is 0.317 e. The van der Waals surface area contributed by atoms with Crippen LogP contribution in [0.4, 0.5) is 0 Å². The van der Waals surface area contributed by atoms with Crippen LogP contribution in [-0.4, -0.2) is 41.5 Å². The predicted molar refractivity (Wildman–Crippen MR) is 90.2 cm³/mol. The van der Waals surface area contributed by atoms with Crippen LogP contribution >= 0.6 is 0 Å². The van der Waals surface area contributed by atoms with Gasteiger partial charge in [-0.05, 0) is 17.9 Å². The van der Waals surface area contributed by atoms with Gasteiger partial charge in [0.05, 0.1) is 12.6 Å². The lowest BCUT2D eigenvalue weighted by molar-refractivity contribution is -0.136. The zero-order valence-electron chi connectivity index (χ0n) is 14.0. The molecule has 0 aromatic heterocycles. The fraction of sp³-hybridized carbons (Fsp3) is 0.471. The van der Waals surface area contributed by atoms with E-state index in [-0.39, 0.29) is 18.9 Å². The smallest absolute Gasteiger partial charge is 0.317 e. The second-order valence-corrected chi connectivity index (χ2v) is 6.11. The SMILES string of the molecule is CC(C)C[C@H](NCC(=O)O)C(=O)N[C@@H](Cc1ccccc1)C(N)=O. The average molecular weight is 335 g/mol. The first kappa shape index (κ1) is 19.6. The maximum absolute atomic E-state index is 12.4. The molecule has 1 aromatic carbocycles. The number of hydrogen-bond donors (Lipinski definition) is 4. The van der Waals surface area contributed by atoms with E-state index >= 15 is 0 Å². The summed E-state index contributed by atoms with van der Waals surface area (Å²) in [6, 6.07) is 7.68. The monoisotopic (exact) mass is 335 g/mol. The van der Waals surface area contributed by atoms with Gasteiger partial charge in [0.25, 0.3) is 0 Å². The van der Waals surface area contributed by atoms with Crippen LogP contribution in [0, 0.1) is 5.92 Å². The van der Waals surface area contributed by atoms with Crippen LogP contribution in [0.25, 0.3) is 0 Å². The van der Waals surface area contributed by atoms with Gasteiger partial charge in [-0.1, -0.05) is 44.2 Å². The highest BCUT2D eigenvalue weighted by atomic mass is 16.4. The quantitative estimate of drug-likeness (QED) is 0.489. The third-order valence-corrected chi connectivity index (χ3v) is 3.47. The third-order valence-electron chi connectivity index (χ3n) is 3.47. The number of amides is 2. The molecule has 0 saturated carbocycles. The Morgan fingerprint density at radius 1 is 1.12 bits per heavy atom. The second kappa shape index (κ2) is 9.67. The van der Waals surface area contributed by atoms with Gasteiger partial charge in [-0.15, -0.1) is 0 Å². The molecular weight excluding hydrogens is 310 g/mol. The minimum atomic E-state index is -1.05. The number of nitrogens with one attached hydrogen (secondary N) is 2. The molecule has 1 aromatic rings. The molecule has 0 aliphatic rings. The van der Waals surface area contributed by atoms with Crippen molar-refractivity contribution in [2.45, 2.75) is 38.8 Å². The highest BCUT2D eigenvalue weighted by Crippen LogP contribution is 2.07. The Balaban J connectivity index is 2.75. The van der Waals surface area contributed by atoms with Crippen molar-refractivity contribution in [2.75, 3.05) is 6.54 Å². The Morgan fingerprint density at radius 2 is 1.75 bits per heavy atom. The Hall–Kier alpha value is -2.41. The van der Waals surface area contributed by atoms with Gasteiger partial charge in [-0.3, -0.25) is 19.7 Å². The Labute approximate surface area is 141 Å². The number of aliphatic carboxylic acids is 1. The third kappa shape index (κ3) is 7.23. The summed E-state index contributed by atoms with van der Waals surface area (Å²) in [7, 11) is 0. The fourth-order valence-electron chi connectivity index (χ4n) is 2.31. The number of carboxylic acids is 1. The van der Waals surface area contributed by atoms with E-state index in [1.807, 2.05) is 44.2 Å². The first-order chi connectivity index (χ1) is 11.3. The van der Waals surface area contributed by atoms with E-state index in [1.165, 1.54) is 0 Å². The summed E-state index contributed by atoms with van der Waals surface area (Å²) in [5, 5.41) is 14.1. The van der Waals surface area contributed by atoms with Gasteiger partial charge in [-0.2, -0.15) is 0 Å². The molecule has 0 heterocycles. The molecule has 0 fully saturated rings. The van der Waals surface area contributed by atoms with Crippen LogP contribution in [-0.2, 0) is 20.8 Å². The van der Waals surface area contributed by atoms with Gasteiger partial charge in [0.1, 0.15) is 6.04 Å². The number of hydrogen-bond acceptors (Lipinski definition) is 4. The molecule has 1 rings (SSSR count). The van der Waals surface area contributed by atoms with Gasteiger partial charge in [0.15, 0.2) is 0 Å². The summed E-state index contributed by atoms with van der Waals surface area (Å²) in [5.41, 5.74) is 6.26. The van der Waals surface area contributed by atoms with Crippen molar-refractivity contribution in [3.8, 4) is 0 Å². The van der Waals surface area contributed by atoms with Gasteiger partial charge in [-0.25, -0.2) is 0 Å². The van der Waals surface area contributed by atoms with E-state index < -0.39 is 29.9 Å². The van der Waals surface area contributed by atoms with Crippen LogP contribution in [0.3, 0.4) is 0 Å². The molecule has 7 heteroatoms. The normalized spacial score (nSPS) is 13.3. The summed E-state index contributed by atoms with van der Waals surface area (Å²) < 4.78 is 0. The molecule has 0 radical (unpaired) electrons. The number of benzene rings is 1. The number of carbonyl (C=O) groups excluding carboxylic acids is 2. The van der Waals surface area contributed by atoms with Gasteiger partial charge < -0.3 is 16.2 Å². The summed E-state index contributed by atoms with van der Waals surface area (Å²) in [5.74, 6) is -1.92. The lowest BCUT2D eigenvalue weighted by Crippen LogP contribution is -2.53. The molecule has 0 aliphatic heterocycles. The molecule has 2 amide bonds. The van der Waals surface area contributed by atoms with Crippen molar-refractivity contribution in [3.05, 3.63) is 35.9 Å². The van der Waals surface area contributed by atoms with Crippen LogP contribution in [0.5, 0.6) is 0 Å². The lowest BCUT2D eigenvalue weighted by Gasteiger charge is -2.22. The van der Waals surface area contributed by atoms with Crippen molar-refractivity contribution < 1.29 is 19.5 Å². The van der Waals surface area contributed by atoms with E-state index in [2.05, 4.69) is 10.6 Å². The van der Waals surface area contributed by atoms with E-state index in [0.717, 1.165) is 5.56 Å². The van der Waals surface area contributed by atoms with E-state index in [9.17, 15) is 14.4 Å². The molecule has 5 N–H and O–H groups in total. The Bertz CT molecular complexity index is 560. The van der Waals surface area contributed by atoms with Crippen molar-refractivity contribution in [3.63, 3.8) is 0 Å². The van der Waals surface area contributed by atoms with E-state index in [0.29, 0.717) is 6.42 Å². The standard InChI is InChI=1S/C17H25N3O4/c1-11(2)8-14(19-10-15(21)22)17(24)20-13(16(18)23)9-12-6-4-3-5-7-12/h3-7,11,13-14,19H,8-10H2,1-2H3,(H2,18,23)(H,20,24)(H,21,22)/t13-,14-/m0/s1. The highest BCUT2D eigenvalue weighted by Gasteiger charge is 2.25. The van der Waals surface area contributed by atoms with Crippen LogP contribution in [0.1, 0.15) is 25.8 Å². The first-order valence-corrected chi connectivity index (χ1v) is 7.88. The highest BCUT2D eigenvalue weighted by molar-refractivity contribution is 5.89. The molecule has 0 bridgehead atoms. The average Bonchev–Trinajstić information content (AvgIpc) is 2.51. The molecule has 7 nitrogen and oxygen atoms in total. The molecule has 0 aliphatic carbocycles. The first-order valence-electron chi connectivity index (χ1n) is 7.88. The molecular formula is C17H25N3O4. The van der Waals surface area contributed by atoms with Gasteiger partial charge in [0.2, 0.25) is 11.8 Å². The lowest BCUT2D eigenvalue weighted by atomic mass is 10.0. The zero-order valence-corrected chi connectivity index (χ0v) is 14.0. The minimum absolute atomic E-state index is 0.184. The molecule has 132 valence electrons. The van der Waals surface area contributed by atoms with Crippen LogP contribution < -0.4 is 16.4 Å². The largest absolute Gasteiger partial charge is 0.480 e. The second-order valence-electron chi connectivity index (χ2n) is 6.11. The summed E-state index contributed by atoms with van der Waals surface area (Å²) in [6.07, 6.45) is 0.741. The summed E-state index contributed by atoms with van der Waals surface area (Å²) >= 11 is 0. The van der Waals surface area contributed by atoms with Gasteiger partial charge >= 0.3 is 5.97 Å². The molecule has 24 heavy (non-hydrogen) atoms. The number of primary amides is 1. The topological polar surface area (TPSA) is 122 Å². The van der Waals surface area contributed by atoms with Crippen molar-refractivity contribution >= 4 is 17.8 Å². The van der Waals surface area contributed by atoms with E-state index in [4.69, 9.17) is 10.8 Å². The number of carbonyl (C=O) groups is 3. The molecule has 0 unspecified atom stereocenters. The molecule has 0 saturated heterocycles. The minimum Gasteiger partial charge on any atom is -0.480 e. The van der Waals surface area contributed by atoms with E-state index in [1.54, 1.807) is 0 Å². The summed E-state index contributed by atoms with van der Waals surface area (Å²) in [6.45, 7) is 3.53. The zero-order chi connectivity index (χ0) is 18.1.